The van der Waals surface area contributed by atoms with Gasteiger partial charge in [-0.25, -0.2) is 0 Å². The number of esters is 3. The largest absolute Gasteiger partial charge is 0.466 e. The van der Waals surface area contributed by atoms with Crippen LogP contribution in [0.3, 0.4) is 0 Å². The van der Waals surface area contributed by atoms with Gasteiger partial charge >= 0.3 is 17.9 Å². The van der Waals surface area contributed by atoms with E-state index in [1.165, 1.54) is 6.92 Å². The van der Waals surface area contributed by atoms with Crippen LogP contribution in [0.15, 0.2) is 0 Å². The van der Waals surface area contributed by atoms with Crippen LogP contribution < -0.4 is 0 Å². The van der Waals surface area contributed by atoms with Crippen molar-refractivity contribution in [3.05, 3.63) is 0 Å². The third-order valence-electron chi connectivity index (χ3n) is 4.37. The minimum atomic E-state index is -1.54. The van der Waals surface area contributed by atoms with Crippen molar-refractivity contribution < 1.29 is 33.4 Å². The number of carbonyl (C=O) groups excluding carboxylic acids is 4. The maximum Gasteiger partial charge on any atom is 0.319 e. The number of hydrogen-bond donors (Lipinski definition) is 0. The molecule has 0 aromatic rings. The minimum absolute atomic E-state index is 0.0473. The Morgan fingerprint density at radius 1 is 0.741 bits per heavy atom. The van der Waals surface area contributed by atoms with Crippen LogP contribution in [-0.4, -0.2) is 43.5 Å². The lowest BCUT2D eigenvalue weighted by atomic mass is 9.75. The van der Waals surface area contributed by atoms with Crippen molar-refractivity contribution in [3.63, 3.8) is 0 Å². The second-order valence-corrected chi connectivity index (χ2v) is 6.51. The fourth-order valence-electron chi connectivity index (χ4n) is 2.53. The molecule has 0 aliphatic heterocycles. The second kappa shape index (κ2) is 14.2. The van der Waals surface area contributed by atoms with Gasteiger partial charge < -0.3 is 14.2 Å². The van der Waals surface area contributed by atoms with Gasteiger partial charge in [-0.15, -0.1) is 0 Å². The van der Waals surface area contributed by atoms with Gasteiger partial charge in [-0.1, -0.05) is 26.7 Å². The summed E-state index contributed by atoms with van der Waals surface area (Å²) in [5, 5.41) is 0. The Morgan fingerprint density at radius 2 is 1.19 bits per heavy atom. The first-order chi connectivity index (χ1) is 12.8. The fraction of sp³-hybridized carbons (Fsp3) is 0.800. The Labute approximate surface area is 162 Å². The van der Waals surface area contributed by atoms with Crippen molar-refractivity contribution in [3.8, 4) is 0 Å². The van der Waals surface area contributed by atoms with E-state index in [2.05, 4.69) is 0 Å². The summed E-state index contributed by atoms with van der Waals surface area (Å²) < 4.78 is 15.3. The van der Waals surface area contributed by atoms with Gasteiger partial charge in [0.1, 0.15) is 11.2 Å². The molecule has 0 aliphatic carbocycles. The highest BCUT2D eigenvalue weighted by Crippen LogP contribution is 2.33. The van der Waals surface area contributed by atoms with Crippen molar-refractivity contribution >= 4 is 23.7 Å². The predicted molar refractivity (Wildman–Crippen MR) is 99.9 cm³/mol. The summed E-state index contributed by atoms with van der Waals surface area (Å²) in [5.41, 5.74) is -1.54. The molecular weight excluding hydrogens is 352 g/mol. The van der Waals surface area contributed by atoms with Crippen LogP contribution in [0, 0.1) is 5.41 Å². The van der Waals surface area contributed by atoms with E-state index in [9.17, 15) is 19.2 Å². The first-order valence-corrected chi connectivity index (χ1v) is 9.83. The van der Waals surface area contributed by atoms with Crippen LogP contribution in [0.25, 0.3) is 0 Å². The second-order valence-electron chi connectivity index (χ2n) is 6.51. The predicted octanol–water partition coefficient (Wildman–Crippen LogP) is 3.37. The highest BCUT2D eigenvalue weighted by Gasteiger charge is 2.45. The number of hydrogen-bond acceptors (Lipinski definition) is 7. The molecule has 0 N–H and O–H groups in total. The highest BCUT2D eigenvalue weighted by atomic mass is 16.5. The summed E-state index contributed by atoms with van der Waals surface area (Å²) in [5.74, 6) is -2.07. The number of unbranched alkanes of at least 4 members (excludes halogenated alkanes) is 2. The van der Waals surface area contributed by atoms with Gasteiger partial charge in [0, 0.05) is 12.8 Å². The lowest BCUT2D eigenvalue weighted by molar-refractivity contribution is -0.162. The molecule has 0 aromatic heterocycles. The molecule has 0 atom stereocenters. The molecule has 0 unspecified atom stereocenters. The standard InChI is InChI=1S/C20H34O7/c1-5-8-14-26-17(22)10-12-20(16(4)21,19(24)25-7-3)13-11-18(23)27-15-9-6-2/h5-15H2,1-4H3. The first kappa shape index (κ1) is 25.1. The van der Waals surface area contributed by atoms with Crippen LogP contribution in [0.1, 0.15) is 79.1 Å². The Morgan fingerprint density at radius 3 is 1.52 bits per heavy atom. The fourth-order valence-corrected chi connectivity index (χ4v) is 2.53. The Hall–Kier alpha value is -1.92. The Balaban J connectivity index is 5.02. The number of ketones is 1. The lowest BCUT2D eigenvalue weighted by Crippen LogP contribution is -2.40. The van der Waals surface area contributed by atoms with Crippen molar-refractivity contribution in [2.75, 3.05) is 19.8 Å². The van der Waals surface area contributed by atoms with Gasteiger partial charge in [-0.05, 0) is 39.5 Å². The average molecular weight is 386 g/mol. The summed E-state index contributed by atoms with van der Waals surface area (Å²) >= 11 is 0. The summed E-state index contributed by atoms with van der Waals surface area (Å²) in [7, 11) is 0. The molecule has 0 amide bonds. The molecular formula is C20H34O7. The van der Waals surface area contributed by atoms with Crippen LogP contribution in [0.4, 0.5) is 0 Å². The zero-order valence-corrected chi connectivity index (χ0v) is 17.1. The van der Waals surface area contributed by atoms with E-state index in [4.69, 9.17) is 14.2 Å². The molecule has 0 heterocycles. The molecule has 0 spiro atoms. The normalized spacial score (nSPS) is 11.0. The maximum absolute atomic E-state index is 12.5. The smallest absolute Gasteiger partial charge is 0.319 e. The molecule has 0 aliphatic rings. The molecule has 0 aromatic carbocycles. The Bertz CT molecular complexity index is 459. The van der Waals surface area contributed by atoms with Gasteiger partial charge in [-0.3, -0.25) is 19.2 Å². The summed E-state index contributed by atoms with van der Waals surface area (Å²) in [6, 6.07) is 0. The van der Waals surface area contributed by atoms with E-state index in [1.807, 2.05) is 13.8 Å². The third-order valence-corrected chi connectivity index (χ3v) is 4.37. The molecule has 0 saturated heterocycles. The van der Waals surface area contributed by atoms with Crippen LogP contribution in [0.2, 0.25) is 0 Å². The van der Waals surface area contributed by atoms with Crippen molar-refractivity contribution in [1.29, 1.82) is 0 Å². The van der Waals surface area contributed by atoms with Gasteiger partial charge in [-0.2, -0.15) is 0 Å². The number of carbonyl (C=O) groups is 4. The zero-order valence-electron chi connectivity index (χ0n) is 17.1. The first-order valence-electron chi connectivity index (χ1n) is 9.83. The van der Waals surface area contributed by atoms with E-state index in [0.29, 0.717) is 13.2 Å². The Kier molecular flexibility index (Phi) is 13.2. The number of rotatable bonds is 15. The summed E-state index contributed by atoms with van der Waals surface area (Å²) in [6.45, 7) is 7.61. The van der Waals surface area contributed by atoms with Gasteiger partial charge in [0.15, 0.2) is 0 Å². The maximum atomic E-state index is 12.5. The molecule has 0 radical (unpaired) electrons. The van der Waals surface area contributed by atoms with E-state index < -0.39 is 29.1 Å². The van der Waals surface area contributed by atoms with Gasteiger partial charge in [0.2, 0.25) is 0 Å². The monoisotopic (exact) mass is 386 g/mol. The molecule has 156 valence electrons. The molecule has 27 heavy (non-hydrogen) atoms. The minimum Gasteiger partial charge on any atom is -0.466 e. The quantitative estimate of drug-likeness (QED) is 0.184. The van der Waals surface area contributed by atoms with E-state index in [1.54, 1.807) is 6.92 Å². The molecule has 7 heteroatoms. The van der Waals surface area contributed by atoms with Crippen LogP contribution in [-0.2, 0) is 33.4 Å². The molecule has 0 rings (SSSR count). The van der Waals surface area contributed by atoms with Crippen molar-refractivity contribution in [2.45, 2.75) is 79.1 Å². The summed E-state index contributed by atoms with van der Waals surface area (Å²) in [4.78, 5) is 48.6. The van der Waals surface area contributed by atoms with Crippen molar-refractivity contribution in [2.24, 2.45) is 5.41 Å². The van der Waals surface area contributed by atoms with E-state index in [0.717, 1.165) is 25.7 Å². The van der Waals surface area contributed by atoms with Crippen LogP contribution >= 0.6 is 0 Å². The molecule has 0 saturated carbocycles. The van der Waals surface area contributed by atoms with Gasteiger partial charge in [0.25, 0.3) is 0 Å². The average Bonchev–Trinajstić information content (AvgIpc) is 2.62. The number of ether oxygens (including phenoxy) is 3. The molecule has 0 bridgehead atoms. The SMILES string of the molecule is CCCCOC(=O)CCC(CCC(=O)OCCCC)(C(C)=O)C(=O)OCC. The highest BCUT2D eigenvalue weighted by molar-refractivity contribution is 6.03. The zero-order chi connectivity index (χ0) is 20.7. The lowest BCUT2D eigenvalue weighted by Gasteiger charge is -2.28. The number of Topliss-reactive ketones (excluding diaryl/α,β-unsaturated/α-hetero) is 1. The third kappa shape index (κ3) is 9.54. The van der Waals surface area contributed by atoms with Crippen molar-refractivity contribution in [1.82, 2.24) is 0 Å². The molecule has 0 fully saturated rings. The van der Waals surface area contributed by atoms with E-state index >= 15 is 0 Å². The van der Waals surface area contributed by atoms with E-state index in [-0.39, 0.29) is 32.3 Å². The van der Waals surface area contributed by atoms with Gasteiger partial charge in [0.05, 0.1) is 19.8 Å². The molecule has 7 nitrogen and oxygen atoms in total. The topological polar surface area (TPSA) is 96.0 Å². The summed E-state index contributed by atoms with van der Waals surface area (Å²) in [6.07, 6.45) is 3.03. The van der Waals surface area contributed by atoms with Crippen LogP contribution in [0.5, 0.6) is 0 Å².